The predicted molar refractivity (Wildman–Crippen MR) is 106 cm³/mol. The van der Waals surface area contributed by atoms with E-state index < -0.39 is 5.97 Å². The fourth-order valence-corrected chi connectivity index (χ4v) is 3.24. The molecular weight excluding hydrogens is 364 g/mol. The number of carbonyl (C=O) groups excluding carboxylic acids is 1. The quantitative estimate of drug-likeness (QED) is 0.743. The molecule has 27 heavy (non-hydrogen) atoms. The van der Waals surface area contributed by atoms with E-state index in [0.29, 0.717) is 15.8 Å². The maximum absolute atomic E-state index is 12.2. The summed E-state index contributed by atoms with van der Waals surface area (Å²) >= 11 is 1.27. The first-order chi connectivity index (χ1) is 13.0. The zero-order chi connectivity index (χ0) is 19.2. The lowest BCUT2D eigenvalue weighted by molar-refractivity contribution is -0.137. The molecule has 7 heteroatoms. The fourth-order valence-electron chi connectivity index (χ4n) is 2.40. The van der Waals surface area contributed by atoms with Crippen molar-refractivity contribution in [2.45, 2.75) is 13.3 Å². The predicted octanol–water partition coefficient (Wildman–Crippen LogP) is 3.74. The van der Waals surface area contributed by atoms with Crippen LogP contribution in [0.25, 0.3) is 6.08 Å². The van der Waals surface area contributed by atoms with E-state index in [4.69, 9.17) is 9.84 Å². The number of aliphatic carboxylic acids is 1. The van der Waals surface area contributed by atoms with Gasteiger partial charge in [-0.2, -0.15) is 0 Å². The van der Waals surface area contributed by atoms with Gasteiger partial charge in [-0.15, -0.1) is 0 Å². The molecule has 3 rings (SSSR count). The summed E-state index contributed by atoms with van der Waals surface area (Å²) in [4.78, 5) is 27.7. The van der Waals surface area contributed by atoms with Crippen LogP contribution in [0.5, 0.6) is 5.75 Å². The van der Waals surface area contributed by atoms with Crippen molar-refractivity contribution in [3.05, 3.63) is 64.6 Å². The normalized spacial score (nSPS) is 16.6. The number of hydrogen-bond donors (Lipinski definition) is 2. The number of aliphatic imine (C=N–C) groups is 1. The highest BCUT2D eigenvalue weighted by atomic mass is 32.2. The number of benzene rings is 2. The van der Waals surface area contributed by atoms with Crippen LogP contribution < -0.4 is 10.1 Å². The first-order valence-corrected chi connectivity index (χ1v) is 9.12. The minimum atomic E-state index is -0.910. The van der Waals surface area contributed by atoms with Crippen LogP contribution in [0.3, 0.4) is 0 Å². The first kappa shape index (κ1) is 18.7. The SMILES string of the molecule is Cc1cccc(N=C2NC(=O)/C(=C\c3cccc(OCCC(=O)O)c3)S2)c1. The van der Waals surface area contributed by atoms with Crippen LogP contribution in [0, 0.1) is 6.92 Å². The Morgan fingerprint density at radius 1 is 1.26 bits per heavy atom. The second-order valence-electron chi connectivity index (χ2n) is 5.89. The van der Waals surface area contributed by atoms with Crippen molar-refractivity contribution in [1.29, 1.82) is 0 Å². The lowest BCUT2D eigenvalue weighted by atomic mass is 10.2. The molecule has 1 heterocycles. The highest BCUT2D eigenvalue weighted by Gasteiger charge is 2.23. The van der Waals surface area contributed by atoms with E-state index in [2.05, 4.69) is 10.3 Å². The molecule has 138 valence electrons. The third kappa shape index (κ3) is 5.46. The second kappa shape index (κ2) is 8.55. The Labute approximate surface area is 161 Å². The van der Waals surface area contributed by atoms with Gasteiger partial charge in [-0.05, 0) is 60.2 Å². The fraction of sp³-hybridized carbons (Fsp3) is 0.150. The number of carbonyl (C=O) groups is 2. The van der Waals surface area contributed by atoms with Crippen LogP contribution in [-0.4, -0.2) is 28.8 Å². The monoisotopic (exact) mass is 382 g/mol. The zero-order valence-corrected chi connectivity index (χ0v) is 15.5. The molecule has 6 nitrogen and oxygen atoms in total. The van der Waals surface area contributed by atoms with Gasteiger partial charge in [0.2, 0.25) is 0 Å². The third-order valence-corrected chi connectivity index (χ3v) is 4.53. The van der Waals surface area contributed by atoms with E-state index in [1.165, 1.54) is 11.8 Å². The molecule has 2 aromatic carbocycles. The molecule has 1 amide bonds. The van der Waals surface area contributed by atoms with Gasteiger partial charge in [0, 0.05) is 0 Å². The topological polar surface area (TPSA) is 88.0 Å². The second-order valence-corrected chi connectivity index (χ2v) is 6.92. The van der Waals surface area contributed by atoms with E-state index in [-0.39, 0.29) is 18.9 Å². The highest BCUT2D eigenvalue weighted by molar-refractivity contribution is 8.18. The summed E-state index contributed by atoms with van der Waals surface area (Å²) in [7, 11) is 0. The molecule has 0 unspecified atom stereocenters. The number of thioether (sulfide) groups is 1. The van der Waals surface area contributed by atoms with Gasteiger partial charge in [0.1, 0.15) is 5.75 Å². The van der Waals surface area contributed by atoms with E-state index in [1.807, 2.05) is 37.3 Å². The van der Waals surface area contributed by atoms with Crippen molar-refractivity contribution >= 4 is 40.6 Å². The largest absolute Gasteiger partial charge is 0.493 e. The van der Waals surface area contributed by atoms with Crippen molar-refractivity contribution in [2.75, 3.05) is 6.61 Å². The van der Waals surface area contributed by atoms with Gasteiger partial charge in [-0.1, -0.05) is 24.3 Å². The summed E-state index contributed by atoms with van der Waals surface area (Å²) in [6, 6.07) is 14.9. The van der Waals surface area contributed by atoms with E-state index >= 15 is 0 Å². The summed E-state index contributed by atoms with van der Waals surface area (Å²) in [5.41, 5.74) is 2.67. The molecular formula is C20H18N2O4S. The van der Waals surface area contributed by atoms with Gasteiger partial charge < -0.3 is 15.2 Å². The molecule has 0 saturated carbocycles. The van der Waals surface area contributed by atoms with Crippen molar-refractivity contribution in [1.82, 2.24) is 5.32 Å². The summed E-state index contributed by atoms with van der Waals surface area (Å²) in [6.07, 6.45) is 1.69. The van der Waals surface area contributed by atoms with Gasteiger partial charge in [0.05, 0.1) is 23.6 Å². The molecule has 1 aliphatic heterocycles. The van der Waals surface area contributed by atoms with Crippen LogP contribution in [-0.2, 0) is 9.59 Å². The van der Waals surface area contributed by atoms with Crippen LogP contribution in [0.4, 0.5) is 5.69 Å². The standard InChI is InChI=1S/C20H18N2O4S/c1-13-4-2-6-15(10-13)21-20-22-19(25)17(27-20)12-14-5-3-7-16(11-14)26-9-8-18(23)24/h2-7,10-12H,8-9H2,1H3,(H,23,24)(H,21,22,25)/b17-12+. The van der Waals surface area contributed by atoms with Crippen LogP contribution in [0.1, 0.15) is 17.5 Å². The van der Waals surface area contributed by atoms with Gasteiger partial charge >= 0.3 is 5.97 Å². The molecule has 0 aromatic heterocycles. The van der Waals surface area contributed by atoms with Gasteiger partial charge in [-0.25, -0.2) is 4.99 Å². The van der Waals surface area contributed by atoms with Gasteiger partial charge in [0.15, 0.2) is 5.17 Å². The van der Waals surface area contributed by atoms with Crippen molar-refractivity contribution in [2.24, 2.45) is 4.99 Å². The minimum absolute atomic E-state index is 0.0671. The number of nitrogens with zero attached hydrogens (tertiary/aromatic N) is 1. The lowest BCUT2D eigenvalue weighted by Gasteiger charge is -2.05. The Kier molecular flexibility index (Phi) is 5.93. The van der Waals surface area contributed by atoms with Crippen molar-refractivity contribution < 1.29 is 19.4 Å². The highest BCUT2D eigenvalue weighted by Crippen LogP contribution is 2.29. The number of nitrogens with one attached hydrogen (secondary N) is 1. The lowest BCUT2D eigenvalue weighted by Crippen LogP contribution is -2.19. The van der Waals surface area contributed by atoms with E-state index in [0.717, 1.165) is 16.8 Å². The summed E-state index contributed by atoms with van der Waals surface area (Å²) in [5, 5.41) is 12.0. The maximum Gasteiger partial charge on any atom is 0.306 e. The summed E-state index contributed by atoms with van der Waals surface area (Å²) in [6.45, 7) is 2.08. The van der Waals surface area contributed by atoms with Gasteiger partial charge in [-0.3, -0.25) is 9.59 Å². The number of ether oxygens (including phenoxy) is 1. The van der Waals surface area contributed by atoms with E-state index in [1.54, 1.807) is 24.3 Å². The molecule has 1 saturated heterocycles. The maximum atomic E-state index is 12.2. The molecule has 0 spiro atoms. The number of carboxylic acids is 1. The minimum Gasteiger partial charge on any atom is -0.493 e. The Bertz CT molecular complexity index is 937. The average molecular weight is 382 g/mol. The van der Waals surface area contributed by atoms with Crippen molar-refractivity contribution in [3.8, 4) is 5.75 Å². The number of aryl methyl sites for hydroxylation is 1. The molecule has 1 aliphatic rings. The molecule has 0 atom stereocenters. The van der Waals surface area contributed by atoms with Crippen LogP contribution in [0.2, 0.25) is 0 Å². The Morgan fingerprint density at radius 2 is 2.07 bits per heavy atom. The van der Waals surface area contributed by atoms with Gasteiger partial charge in [0.25, 0.3) is 5.91 Å². The molecule has 2 N–H and O–H groups in total. The molecule has 1 fully saturated rings. The zero-order valence-electron chi connectivity index (χ0n) is 14.6. The molecule has 0 bridgehead atoms. The van der Waals surface area contributed by atoms with E-state index in [9.17, 15) is 9.59 Å². The molecule has 2 aromatic rings. The third-order valence-electron chi connectivity index (χ3n) is 3.62. The smallest absolute Gasteiger partial charge is 0.306 e. The number of rotatable bonds is 6. The first-order valence-electron chi connectivity index (χ1n) is 8.30. The number of amidine groups is 1. The Hall–Kier alpha value is -3.06. The summed E-state index contributed by atoms with van der Waals surface area (Å²) < 4.78 is 5.42. The number of carboxylic acid groups (broad SMARTS) is 1. The van der Waals surface area contributed by atoms with Crippen molar-refractivity contribution in [3.63, 3.8) is 0 Å². The Morgan fingerprint density at radius 3 is 2.85 bits per heavy atom. The van der Waals surface area contributed by atoms with Crippen LogP contribution in [0.15, 0.2) is 58.4 Å². The van der Waals surface area contributed by atoms with Crippen LogP contribution >= 0.6 is 11.8 Å². The number of hydrogen-bond acceptors (Lipinski definition) is 5. The summed E-state index contributed by atoms with van der Waals surface area (Å²) in [5.74, 6) is -0.556. The Balaban J connectivity index is 1.72. The number of amides is 1. The average Bonchev–Trinajstić information content (AvgIpc) is 2.94. The molecule has 0 aliphatic carbocycles. The molecule has 0 radical (unpaired) electrons.